The molecule has 0 spiro atoms. The second-order valence-corrected chi connectivity index (χ2v) is 5.77. The molecule has 2 saturated heterocycles. The minimum absolute atomic E-state index is 0.0621. The van der Waals surface area contributed by atoms with Crippen LogP contribution in [0.2, 0.25) is 0 Å². The Bertz CT molecular complexity index is 239. The summed E-state index contributed by atoms with van der Waals surface area (Å²) >= 11 is 0. The van der Waals surface area contributed by atoms with Crippen LogP contribution in [0.5, 0.6) is 0 Å². The summed E-state index contributed by atoms with van der Waals surface area (Å²) in [5.74, 6) is 0. The van der Waals surface area contributed by atoms with Gasteiger partial charge in [0.1, 0.15) is 12.2 Å². The van der Waals surface area contributed by atoms with E-state index in [0.29, 0.717) is 26.4 Å². The highest BCUT2D eigenvalue weighted by Gasteiger charge is 2.41. The monoisotopic (exact) mass is 302 g/mol. The summed E-state index contributed by atoms with van der Waals surface area (Å²) in [6.07, 6.45) is 6.35. The first-order chi connectivity index (χ1) is 10.3. The van der Waals surface area contributed by atoms with Crippen LogP contribution in [0, 0.1) is 0 Å². The third-order valence-corrected chi connectivity index (χ3v) is 3.65. The van der Waals surface area contributed by atoms with Gasteiger partial charge in [-0.25, -0.2) is 0 Å². The van der Waals surface area contributed by atoms with Crippen molar-refractivity contribution in [1.82, 2.24) is 0 Å². The van der Waals surface area contributed by atoms with Crippen LogP contribution in [0.4, 0.5) is 0 Å². The van der Waals surface area contributed by atoms with Crippen molar-refractivity contribution in [2.24, 2.45) is 0 Å². The van der Waals surface area contributed by atoms with E-state index in [0.717, 1.165) is 12.8 Å². The molecule has 0 radical (unpaired) electrons. The molecule has 2 aliphatic heterocycles. The quantitative estimate of drug-likeness (QED) is 0.280. The van der Waals surface area contributed by atoms with Crippen molar-refractivity contribution in [3.05, 3.63) is 0 Å². The Hall–Kier alpha value is -0.200. The molecule has 4 atom stereocenters. The summed E-state index contributed by atoms with van der Waals surface area (Å²) in [5, 5.41) is 0. The fourth-order valence-corrected chi connectivity index (χ4v) is 2.13. The van der Waals surface area contributed by atoms with E-state index in [2.05, 4.69) is 13.8 Å². The first kappa shape index (κ1) is 17.2. The second-order valence-electron chi connectivity index (χ2n) is 5.77. The number of epoxide rings is 2. The second kappa shape index (κ2) is 9.74. The standard InChI is InChI=1S/C16H30O5/c1-3-5-7-9-17-15(13-11-19-13)21-16(14-12-20-14)18-10-8-6-4-2/h13-16H,3-12H2,1-2H3. The van der Waals surface area contributed by atoms with E-state index in [4.69, 9.17) is 23.7 Å². The molecule has 0 N–H and O–H groups in total. The molecule has 2 aliphatic rings. The van der Waals surface area contributed by atoms with E-state index >= 15 is 0 Å². The van der Waals surface area contributed by atoms with E-state index < -0.39 is 0 Å². The van der Waals surface area contributed by atoms with E-state index in [-0.39, 0.29) is 24.8 Å². The van der Waals surface area contributed by atoms with Gasteiger partial charge in [0.05, 0.1) is 13.2 Å². The van der Waals surface area contributed by atoms with Crippen LogP contribution < -0.4 is 0 Å². The third-order valence-electron chi connectivity index (χ3n) is 3.65. The maximum atomic E-state index is 5.96. The maximum Gasteiger partial charge on any atom is 0.189 e. The minimum Gasteiger partial charge on any atom is -0.368 e. The van der Waals surface area contributed by atoms with E-state index in [1.165, 1.54) is 25.7 Å². The topological polar surface area (TPSA) is 52.8 Å². The highest BCUT2D eigenvalue weighted by molar-refractivity contribution is 4.79. The van der Waals surface area contributed by atoms with Gasteiger partial charge >= 0.3 is 0 Å². The van der Waals surface area contributed by atoms with Gasteiger partial charge in [-0.3, -0.25) is 0 Å². The molecule has 5 nitrogen and oxygen atoms in total. The largest absolute Gasteiger partial charge is 0.368 e. The SMILES string of the molecule is CCCCCOC(OC(OCCCCC)C1CO1)C1CO1. The van der Waals surface area contributed by atoms with Crippen molar-refractivity contribution in [3.63, 3.8) is 0 Å². The molecule has 124 valence electrons. The third kappa shape index (κ3) is 7.06. The number of ether oxygens (including phenoxy) is 5. The predicted molar refractivity (Wildman–Crippen MR) is 79.1 cm³/mol. The number of rotatable bonds is 14. The maximum absolute atomic E-state index is 5.96. The average Bonchev–Trinajstić information content (AvgIpc) is 3.37. The summed E-state index contributed by atoms with van der Waals surface area (Å²) in [5.41, 5.74) is 0. The van der Waals surface area contributed by atoms with Crippen molar-refractivity contribution < 1.29 is 23.7 Å². The highest BCUT2D eigenvalue weighted by Crippen LogP contribution is 2.25. The summed E-state index contributed by atoms with van der Waals surface area (Å²) < 4.78 is 28.3. The molecular weight excluding hydrogens is 272 g/mol. The molecule has 2 heterocycles. The van der Waals surface area contributed by atoms with Crippen LogP contribution in [-0.4, -0.2) is 51.2 Å². The molecule has 0 aliphatic carbocycles. The van der Waals surface area contributed by atoms with Crippen molar-refractivity contribution in [1.29, 1.82) is 0 Å². The van der Waals surface area contributed by atoms with Crippen LogP contribution >= 0.6 is 0 Å². The zero-order valence-corrected chi connectivity index (χ0v) is 13.4. The van der Waals surface area contributed by atoms with Gasteiger partial charge in [-0.2, -0.15) is 0 Å². The average molecular weight is 302 g/mol. The van der Waals surface area contributed by atoms with Crippen LogP contribution in [-0.2, 0) is 23.7 Å². The lowest BCUT2D eigenvalue weighted by atomic mass is 10.3. The lowest BCUT2D eigenvalue weighted by molar-refractivity contribution is -0.256. The molecule has 0 saturated carbocycles. The Morgan fingerprint density at radius 2 is 1.24 bits per heavy atom. The summed E-state index contributed by atoms with van der Waals surface area (Å²) in [6.45, 7) is 7.23. The van der Waals surface area contributed by atoms with Gasteiger partial charge in [0.15, 0.2) is 12.6 Å². The molecule has 0 aromatic heterocycles. The molecule has 0 aromatic rings. The molecule has 21 heavy (non-hydrogen) atoms. The van der Waals surface area contributed by atoms with Crippen LogP contribution in [0.15, 0.2) is 0 Å². The molecule has 4 unspecified atom stereocenters. The van der Waals surface area contributed by atoms with Crippen LogP contribution in [0.3, 0.4) is 0 Å². The van der Waals surface area contributed by atoms with Crippen LogP contribution in [0.1, 0.15) is 52.4 Å². The Labute approximate surface area is 128 Å². The lowest BCUT2D eigenvalue weighted by Gasteiger charge is -2.23. The highest BCUT2D eigenvalue weighted by atomic mass is 16.8. The number of hydrogen-bond acceptors (Lipinski definition) is 5. The van der Waals surface area contributed by atoms with Crippen LogP contribution in [0.25, 0.3) is 0 Å². The minimum atomic E-state index is -0.317. The number of unbranched alkanes of at least 4 members (excludes halogenated alkanes) is 4. The van der Waals surface area contributed by atoms with Gasteiger partial charge in [0.2, 0.25) is 0 Å². The van der Waals surface area contributed by atoms with Gasteiger partial charge in [-0.15, -0.1) is 0 Å². The first-order valence-electron chi connectivity index (χ1n) is 8.47. The van der Waals surface area contributed by atoms with Gasteiger partial charge in [0.25, 0.3) is 0 Å². The molecule has 2 fully saturated rings. The Morgan fingerprint density at radius 1 is 0.810 bits per heavy atom. The zero-order valence-electron chi connectivity index (χ0n) is 13.4. The summed E-state index contributed by atoms with van der Waals surface area (Å²) in [7, 11) is 0. The predicted octanol–water partition coefficient (Wildman–Crippen LogP) is 2.87. The molecular formula is C16H30O5. The van der Waals surface area contributed by atoms with E-state index in [1.54, 1.807) is 0 Å². The fourth-order valence-electron chi connectivity index (χ4n) is 2.13. The lowest BCUT2D eigenvalue weighted by Crippen LogP contribution is -2.34. The summed E-state index contributed by atoms with van der Waals surface area (Å²) in [6, 6.07) is 0. The van der Waals surface area contributed by atoms with Gasteiger partial charge in [-0.1, -0.05) is 39.5 Å². The Balaban J connectivity index is 1.68. The number of hydrogen-bond donors (Lipinski definition) is 0. The normalized spacial score (nSPS) is 26.6. The fraction of sp³-hybridized carbons (Fsp3) is 1.00. The Kier molecular flexibility index (Phi) is 7.96. The van der Waals surface area contributed by atoms with Crippen molar-refractivity contribution in [3.8, 4) is 0 Å². The van der Waals surface area contributed by atoms with Gasteiger partial charge in [0, 0.05) is 13.2 Å². The molecule has 0 aromatic carbocycles. The Morgan fingerprint density at radius 3 is 1.57 bits per heavy atom. The molecule has 0 amide bonds. The molecule has 0 bridgehead atoms. The van der Waals surface area contributed by atoms with E-state index in [1.807, 2.05) is 0 Å². The van der Waals surface area contributed by atoms with E-state index in [9.17, 15) is 0 Å². The van der Waals surface area contributed by atoms with Gasteiger partial charge < -0.3 is 23.7 Å². The van der Waals surface area contributed by atoms with Crippen molar-refractivity contribution in [2.45, 2.75) is 77.2 Å². The first-order valence-corrected chi connectivity index (χ1v) is 8.47. The van der Waals surface area contributed by atoms with Crippen molar-refractivity contribution in [2.75, 3.05) is 26.4 Å². The van der Waals surface area contributed by atoms with Crippen molar-refractivity contribution >= 4 is 0 Å². The van der Waals surface area contributed by atoms with Gasteiger partial charge in [-0.05, 0) is 12.8 Å². The smallest absolute Gasteiger partial charge is 0.189 e. The zero-order chi connectivity index (χ0) is 14.9. The summed E-state index contributed by atoms with van der Waals surface area (Å²) in [4.78, 5) is 0. The molecule has 2 rings (SSSR count). The molecule has 5 heteroatoms.